The number of rotatable bonds is 5. The van der Waals surface area contributed by atoms with Crippen molar-refractivity contribution in [1.29, 1.82) is 0 Å². The van der Waals surface area contributed by atoms with Crippen LogP contribution in [0.2, 0.25) is 0 Å². The third kappa shape index (κ3) is 4.19. The zero-order valence-corrected chi connectivity index (χ0v) is 13.9. The number of ether oxygens (including phenoxy) is 1. The fraction of sp³-hybridized carbons (Fsp3) is 0.438. The maximum Gasteiger partial charge on any atom is 0.271 e. The number of hydrogen-bond donors (Lipinski definition) is 1. The molecule has 0 bridgehead atoms. The van der Waals surface area contributed by atoms with Gasteiger partial charge in [0.05, 0.1) is 11.7 Å². The fourth-order valence-corrected chi connectivity index (χ4v) is 3.05. The van der Waals surface area contributed by atoms with Gasteiger partial charge in [-0.25, -0.2) is 0 Å². The summed E-state index contributed by atoms with van der Waals surface area (Å²) in [7, 11) is 0. The number of aryl methyl sites for hydroxylation is 1. The highest BCUT2D eigenvalue weighted by Gasteiger charge is 2.20. The van der Waals surface area contributed by atoms with E-state index in [0.29, 0.717) is 5.88 Å². The van der Waals surface area contributed by atoms with Crippen molar-refractivity contribution < 1.29 is 9.53 Å². The van der Waals surface area contributed by atoms with Crippen LogP contribution in [0.3, 0.4) is 0 Å². The molecule has 2 aromatic rings. The summed E-state index contributed by atoms with van der Waals surface area (Å²) in [6.45, 7) is 3.88. The second-order valence-corrected chi connectivity index (χ2v) is 6.17. The van der Waals surface area contributed by atoms with Crippen LogP contribution in [-0.4, -0.2) is 34.4 Å². The molecule has 122 valence electrons. The van der Waals surface area contributed by atoms with Gasteiger partial charge in [-0.2, -0.15) is 4.37 Å². The minimum absolute atomic E-state index is 0.0693. The molecule has 0 spiro atoms. The molecule has 23 heavy (non-hydrogen) atoms. The average Bonchev–Trinajstić information content (AvgIpc) is 3.04. The Morgan fingerprint density at radius 2 is 1.96 bits per heavy atom. The van der Waals surface area contributed by atoms with Gasteiger partial charge < -0.3 is 15.0 Å². The van der Waals surface area contributed by atoms with Crippen LogP contribution >= 0.6 is 11.7 Å². The minimum atomic E-state index is -0.202. The van der Waals surface area contributed by atoms with Crippen LogP contribution in [0.5, 0.6) is 5.88 Å². The molecule has 2 heterocycles. The highest BCUT2D eigenvalue weighted by atomic mass is 32.1. The topological polar surface area (TPSA) is 67.3 Å². The Bertz CT molecular complexity index is 650. The Hall–Kier alpha value is -2.15. The second-order valence-electron chi connectivity index (χ2n) is 5.64. The van der Waals surface area contributed by atoms with Crippen LogP contribution in [0.15, 0.2) is 24.3 Å². The van der Waals surface area contributed by atoms with E-state index in [9.17, 15) is 4.79 Å². The highest BCUT2D eigenvalue weighted by molar-refractivity contribution is 6.99. The summed E-state index contributed by atoms with van der Waals surface area (Å²) < 4.78 is 14.1. The minimum Gasteiger partial charge on any atom is -0.464 e. The van der Waals surface area contributed by atoms with Gasteiger partial charge in [0.15, 0.2) is 6.61 Å². The molecule has 1 aliphatic heterocycles. The Labute approximate surface area is 139 Å². The largest absolute Gasteiger partial charge is 0.464 e. The SMILES string of the molecule is Cc1ccc(NC(=O)COc2nsnc2N2CCCCC2)cc1. The van der Waals surface area contributed by atoms with Gasteiger partial charge in [-0.15, -0.1) is 4.37 Å². The first-order chi connectivity index (χ1) is 11.2. The monoisotopic (exact) mass is 332 g/mol. The van der Waals surface area contributed by atoms with Crippen molar-refractivity contribution in [3.05, 3.63) is 29.8 Å². The van der Waals surface area contributed by atoms with Gasteiger partial charge in [0, 0.05) is 18.8 Å². The Morgan fingerprint density at radius 1 is 1.22 bits per heavy atom. The first-order valence-electron chi connectivity index (χ1n) is 7.79. The summed E-state index contributed by atoms with van der Waals surface area (Å²) in [6.07, 6.45) is 3.57. The van der Waals surface area contributed by atoms with E-state index in [1.165, 1.54) is 6.42 Å². The van der Waals surface area contributed by atoms with Crippen molar-refractivity contribution in [3.63, 3.8) is 0 Å². The lowest BCUT2D eigenvalue weighted by atomic mass is 10.1. The Morgan fingerprint density at radius 3 is 2.70 bits per heavy atom. The van der Waals surface area contributed by atoms with Crippen molar-refractivity contribution >= 4 is 29.1 Å². The van der Waals surface area contributed by atoms with Gasteiger partial charge in [-0.05, 0) is 38.3 Å². The number of nitrogens with zero attached hydrogens (tertiary/aromatic N) is 3. The molecule has 0 atom stereocenters. The molecule has 1 aromatic carbocycles. The molecule has 1 saturated heterocycles. The maximum absolute atomic E-state index is 12.0. The van der Waals surface area contributed by atoms with E-state index in [1.54, 1.807) is 0 Å². The number of carbonyl (C=O) groups excluding carboxylic acids is 1. The lowest BCUT2D eigenvalue weighted by molar-refractivity contribution is -0.118. The predicted octanol–water partition coefficient (Wildman–Crippen LogP) is 2.85. The summed E-state index contributed by atoms with van der Waals surface area (Å²) in [4.78, 5) is 14.2. The highest BCUT2D eigenvalue weighted by Crippen LogP contribution is 2.28. The summed E-state index contributed by atoms with van der Waals surface area (Å²) in [5.41, 5.74) is 1.91. The van der Waals surface area contributed by atoms with E-state index in [2.05, 4.69) is 19.0 Å². The zero-order chi connectivity index (χ0) is 16.1. The lowest BCUT2D eigenvalue weighted by Gasteiger charge is -2.26. The van der Waals surface area contributed by atoms with Gasteiger partial charge in [-0.1, -0.05) is 17.7 Å². The smallest absolute Gasteiger partial charge is 0.271 e. The fourth-order valence-electron chi connectivity index (χ4n) is 2.53. The van der Waals surface area contributed by atoms with Gasteiger partial charge >= 0.3 is 0 Å². The van der Waals surface area contributed by atoms with E-state index < -0.39 is 0 Å². The van der Waals surface area contributed by atoms with Gasteiger partial charge in [0.25, 0.3) is 11.8 Å². The molecule has 1 fully saturated rings. The molecular formula is C16H20N4O2S. The summed E-state index contributed by atoms with van der Waals surface area (Å²) in [5.74, 6) is 1.01. The Kier molecular flexibility index (Phi) is 5.07. The van der Waals surface area contributed by atoms with Crippen molar-refractivity contribution in [2.24, 2.45) is 0 Å². The molecule has 0 unspecified atom stereocenters. The number of anilines is 2. The van der Waals surface area contributed by atoms with E-state index in [4.69, 9.17) is 4.74 Å². The second kappa shape index (κ2) is 7.41. The number of piperidine rings is 1. The number of carbonyl (C=O) groups is 1. The molecule has 1 amide bonds. The number of benzene rings is 1. The number of aromatic nitrogens is 2. The third-order valence-electron chi connectivity index (χ3n) is 3.77. The van der Waals surface area contributed by atoms with E-state index in [1.807, 2.05) is 31.2 Å². The first kappa shape index (κ1) is 15.7. The van der Waals surface area contributed by atoms with Crippen LogP contribution in [0.25, 0.3) is 0 Å². The molecule has 0 saturated carbocycles. The molecule has 6 nitrogen and oxygen atoms in total. The summed E-state index contributed by atoms with van der Waals surface area (Å²) >= 11 is 1.12. The van der Waals surface area contributed by atoms with E-state index in [0.717, 1.165) is 54.7 Å². The van der Waals surface area contributed by atoms with Gasteiger partial charge in [0.2, 0.25) is 5.82 Å². The van der Waals surface area contributed by atoms with Crippen LogP contribution in [0.1, 0.15) is 24.8 Å². The van der Waals surface area contributed by atoms with Crippen molar-refractivity contribution in [2.45, 2.75) is 26.2 Å². The van der Waals surface area contributed by atoms with Gasteiger partial charge in [-0.3, -0.25) is 4.79 Å². The van der Waals surface area contributed by atoms with Crippen LogP contribution in [0.4, 0.5) is 11.5 Å². The third-order valence-corrected chi connectivity index (χ3v) is 4.28. The quantitative estimate of drug-likeness (QED) is 0.912. The normalized spacial score (nSPS) is 14.6. The van der Waals surface area contributed by atoms with E-state index >= 15 is 0 Å². The van der Waals surface area contributed by atoms with Crippen molar-refractivity contribution in [1.82, 2.24) is 8.75 Å². The van der Waals surface area contributed by atoms with Crippen LogP contribution in [0, 0.1) is 6.92 Å². The molecule has 3 rings (SSSR count). The zero-order valence-electron chi connectivity index (χ0n) is 13.1. The predicted molar refractivity (Wildman–Crippen MR) is 91.3 cm³/mol. The number of amides is 1. The average molecular weight is 332 g/mol. The standard InChI is InChI=1S/C16H20N4O2S/c1-12-5-7-13(8-6-12)17-14(21)11-22-16-15(18-23-19-16)20-9-3-2-4-10-20/h5-8H,2-4,9-11H2,1H3,(H,17,21). The molecule has 0 aliphatic carbocycles. The van der Waals surface area contributed by atoms with E-state index in [-0.39, 0.29) is 12.5 Å². The van der Waals surface area contributed by atoms with Gasteiger partial charge in [0.1, 0.15) is 0 Å². The molecule has 0 radical (unpaired) electrons. The molecule has 1 aliphatic rings. The Balaban J connectivity index is 1.55. The molecule has 1 N–H and O–H groups in total. The molecule has 1 aromatic heterocycles. The van der Waals surface area contributed by atoms with Crippen LogP contribution < -0.4 is 15.0 Å². The molecule has 7 heteroatoms. The summed E-state index contributed by atoms with van der Waals surface area (Å²) in [6, 6.07) is 7.65. The van der Waals surface area contributed by atoms with Crippen molar-refractivity contribution in [2.75, 3.05) is 29.9 Å². The molecular weight excluding hydrogens is 312 g/mol. The number of hydrogen-bond acceptors (Lipinski definition) is 6. The summed E-state index contributed by atoms with van der Waals surface area (Å²) in [5, 5.41) is 2.81. The van der Waals surface area contributed by atoms with Crippen molar-refractivity contribution in [3.8, 4) is 5.88 Å². The maximum atomic E-state index is 12.0. The van der Waals surface area contributed by atoms with Crippen LogP contribution in [-0.2, 0) is 4.79 Å². The first-order valence-corrected chi connectivity index (χ1v) is 8.52. The lowest BCUT2D eigenvalue weighted by Crippen LogP contribution is -2.30. The number of nitrogens with one attached hydrogen (secondary N) is 1.